The van der Waals surface area contributed by atoms with Gasteiger partial charge in [0.25, 0.3) is 5.91 Å². The molecule has 1 amide bonds. The molecule has 4 heteroatoms. The lowest BCUT2D eigenvalue weighted by molar-refractivity contribution is 0.0943. The molecular formula is C14H13N3O. The van der Waals surface area contributed by atoms with Crippen LogP contribution in [0.5, 0.6) is 0 Å². The number of aromatic nitrogens is 1. The van der Waals surface area contributed by atoms with E-state index in [4.69, 9.17) is 12.2 Å². The van der Waals surface area contributed by atoms with Gasteiger partial charge in [0, 0.05) is 11.1 Å². The molecule has 18 heavy (non-hydrogen) atoms. The van der Waals surface area contributed by atoms with Gasteiger partial charge < -0.3 is 11.1 Å². The van der Waals surface area contributed by atoms with Gasteiger partial charge in [0.15, 0.2) is 0 Å². The predicted molar refractivity (Wildman–Crippen MR) is 71.9 cm³/mol. The van der Waals surface area contributed by atoms with Gasteiger partial charge in [-0.2, -0.15) is 0 Å². The molecule has 2 rings (SSSR count). The number of benzene rings is 1. The van der Waals surface area contributed by atoms with Crippen LogP contribution < -0.4 is 11.1 Å². The molecule has 90 valence electrons. The van der Waals surface area contributed by atoms with Gasteiger partial charge in [-0.1, -0.05) is 24.1 Å². The first-order valence-corrected chi connectivity index (χ1v) is 5.54. The number of nitrogens with zero attached hydrogens (tertiary/aromatic N) is 1. The van der Waals surface area contributed by atoms with E-state index in [0.717, 1.165) is 5.39 Å². The Morgan fingerprint density at radius 2 is 2.22 bits per heavy atom. The maximum absolute atomic E-state index is 11.9. The van der Waals surface area contributed by atoms with Crippen molar-refractivity contribution in [2.24, 2.45) is 0 Å². The number of pyridine rings is 1. The number of hydrogen-bond acceptors (Lipinski definition) is 3. The van der Waals surface area contributed by atoms with Gasteiger partial charge in [-0.15, -0.1) is 6.42 Å². The number of carbonyl (C=O) groups excluding carboxylic acids is 1. The number of para-hydroxylation sites is 1. The van der Waals surface area contributed by atoms with E-state index in [1.54, 1.807) is 13.0 Å². The number of hydrogen-bond donors (Lipinski definition) is 2. The Labute approximate surface area is 105 Å². The highest BCUT2D eigenvalue weighted by Gasteiger charge is 2.11. The zero-order chi connectivity index (χ0) is 13.1. The Balaban J connectivity index is 2.41. The van der Waals surface area contributed by atoms with Gasteiger partial charge >= 0.3 is 0 Å². The zero-order valence-corrected chi connectivity index (χ0v) is 9.97. The van der Waals surface area contributed by atoms with Gasteiger partial charge in [0.1, 0.15) is 5.69 Å². The van der Waals surface area contributed by atoms with Crippen LogP contribution in [0.3, 0.4) is 0 Å². The Bertz CT molecular complexity index is 643. The average molecular weight is 239 g/mol. The molecular weight excluding hydrogens is 226 g/mol. The molecule has 1 aromatic carbocycles. The second-order valence-corrected chi connectivity index (χ2v) is 3.98. The monoisotopic (exact) mass is 239 g/mol. The van der Waals surface area contributed by atoms with Gasteiger partial charge in [-0.3, -0.25) is 4.79 Å². The average Bonchev–Trinajstić information content (AvgIpc) is 2.38. The third-order valence-corrected chi connectivity index (χ3v) is 2.58. The maximum atomic E-state index is 11.9. The van der Waals surface area contributed by atoms with Crippen molar-refractivity contribution in [3.8, 4) is 12.3 Å². The maximum Gasteiger partial charge on any atom is 0.270 e. The summed E-state index contributed by atoms with van der Waals surface area (Å²) in [4.78, 5) is 16.1. The molecule has 1 atom stereocenters. The molecule has 0 spiro atoms. The molecule has 4 nitrogen and oxygen atoms in total. The molecule has 0 aliphatic rings. The minimum absolute atomic E-state index is 0.272. The normalized spacial score (nSPS) is 11.8. The Morgan fingerprint density at radius 1 is 1.50 bits per heavy atom. The smallest absolute Gasteiger partial charge is 0.270 e. The fourth-order valence-electron chi connectivity index (χ4n) is 1.63. The molecule has 1 aromatic heterocycles. The second-order valence-electron chi connectivity index (χ2n) is 3.98. The number of anilines is 1. The molecule has 2 aromatic rings. The number of nitrogen functional groups attached to an aromatic ring is 1. The SMILES string of the molecule is C#CC(C)NC(=O)c1cc(N)c2ccccc2n1. The van der Waals surface area contributed by atoms with E-state index < -0.39 is 0 Å². The lowest BCUT2D eigenvalue weighted by Gasteiger charge is -2.09. The third-order valence-electron chi connectivity index (χ3n) is 2.58. The van der Waals surface area contributed by atoms with Crippen LogP contribution in [0.15, 0.2) is 30.3 Å². The Hall–Kier alpha value is -2.54. The van der Waals surface area contributed by atoms with E-state index in [9.17, 15) is 4.79 Å². The van der Waals surface area contributed by atoms with Crippen molar-refractivity contribution < 1.29 is 4.79 Å². The Kier molecular flexibility index (Phi) is 3.16. The van der Waals surface area contributed by atoms with Crippen LogP contribution in [0, 0.1) is 12.3 Å². The molecule has 0 aliphatic carbocycles. The molecule has 0 saturated heterocycles. The fourth-order valence-corrected chi connectivity index (χ4v) is 1.63. The second kappa shape index (κ2) is 4.76. The van der Waals surface area contributed by atoms with Crippen molar-refractivity contribution >= 4 is 22.5 Å². The van der Waals surface area contributed by atoms with E-state index in [-0.39, 0.29) is 17.6 Å². The summed E-state index contributed by atoms with van der Waals surface area (Å²) in [7, 11) is 0. The summed E-state index contributed by atoms with van der Waals surface area (Å²) < 4.78 is 0. The van der Waals surface area contributed by atoms with Gasteiger partial charge in [-0.05, 0) is 19.1 Å². The van der Waals surface area contributed by atoms with Crippen molar-refractivity contribution in [2.45, 2.75) is 13.0 Å². The number of amides is 1. The van der Waals surface area contributed by atoms with Crippen LogP contribution in [0.25, 0.3) is 10.9 Å². The first kappa shape index (κ1) is 11.9. The first-order chi connectivity index (χ1) is 8.61. The lowest BCUT2D eigenvalue weighted by Crippen LogP contribution is -2.32. The number of nitrogens with two attached hydrogens (primary N) is 1. The molecule has 1 heterocycles. The van der Waals surface area contributed by atoms with Crippen LogP contribution in [-0.4, -0.2) is 16.9 Å². The summed E-state index contributed by atoms with van der Waals surface area (Å²) in [6.07, 6.45) is 5.21. The van der Waals surface area contributed by atoms with Gasteiger partial charge in [0.05, 0.1) is 11.6 Å². The van der Waals surface area contributed by atoms with E-state index in [0.29, 0.717) is 11.2 Å². The summed E-state index contributed by atoms with van der Waals surface area (Å²) in [6, 6.07) is 8.62. The molecule has 0 radical (unpaired) electrons. The zero-order valence-electron chi connectivity index (χ0n) is 9.97. The molecule has 0 saturated carbocycles. The highest BCUT2D eigenvalue weighted by Crippen LogP contribution is 2.19. The van der Waals surface area contributed by atoms with E-state index in [2.05, 4.69) is 16.2 Å². The van der Waals surface area contributed by atoms with Gasteiger partial charge in [-0.25, -0.2) is 4.98 Å². The summed E-state index contributed by atoms with van der Waals surface area (Å²) in [6.45, 7) is 1.72. The molecule has 0 fully saturated rings. The van der Waals surface area contributed by atoms with Crippen molar-refractivity contribution in [2.75, 3.05) is 5.73 Å². The number of rotatable bonds is 2. The Morgan fingerprint density at radius 3 is 2.94 bits per heavy atom. The quantitative estimate of drug-likeness (QED) is 0.782. The van der Waals surface area contributed by atoms with Gasteiger partial charge in [0.2, 0.25) is 0 Å². The predicted octanol–water partition coefficient (Wildman–Crippen LogP) is 1.57. The number of terminal acetylenes is 1. The summed E-state index contributed by atoms with van der Waals surface area (Å²) in [5, 5.41) is 3.48. The molecule has 0 aliphatic heterocycles. The summed E-state index contributed by atoms with van der Waals surface area (Å²) >= 11 is 0. The van der Waals surface area contributed by atoms with Crippen LogP contribution in [0.1, 0.15) is 17.4 Å². The minimum atomic E-state index is -0.341. The van der Waals surface area contributed by atoms with Crippen molar-refractivity contribution in [3.05, 3.63) is 36.0 Å². The van der Waals surface area contributed by atoms with Crippen molar-refractivity contribution in [1.29, 1.82) is 0 Å². The lowest BCUT2D eigenvalue weighted by atomic mass is 10.1. The van der Waals surface area contributed by atoms with E-state index in [1.807, 2.05) is 24.3 Å². The van der Waals surface area contributed by atoms with E-state index >= 15 is 0 Å². The number of carbonyl (C=O) groups is 1. The number of nitrogens with one attached hydrogen (secondary N) is 1. The van der Waals surface area contributed by atoms with Crippen LogP contribution >= 0.6 is 0 Å². The van der Waals surface area contributed by atoms with Crippen LogP contribution in [-0.2, 0) is 0 Å². The highest BCUT2D eigenvalue weighted by molar-refractivity contribution is 5.99. The van der Waals surface area contributed by atoms with Crippen molar-refractivity contribution in [1.82, 2.24) is 10.3 Å². The molecule has 1 unspecified atom stereocenters. The molecule has 0 bridgehead atoms. The van der Waals surface area contributed by atoms with Crippen LogP contribution in [0.2, 0.25) is 0 Å². The van der Waals surface area contributed by atoms with Crippen molar-refractivity contribution in [3.63, 3.8) is 0 Å². The minimum Gasteiger partial charge on any atom is -0.398 e. The standard InChI is InChI=1S/C14H13N3O/c1-3-9(2)16-14(18)13-8-11(15)10-6-4-5-7-12(10)17-13/h1,4-9H,2H3,(H2,15,17)(H,16,18). The summed E-state index contributed by atoms with van der Waals surface area (Å²) in [5.41, 5.74) is 7.39. The van der Waals surface area contributed by atoms with Crippen LogP contribution in [0.4, 0.5) is 5.69 Å². The fraction of sp³-hybridized carbons (Fsp3) is 0.143. The van der Waals surface area contributed by atoms with E-state index in [1.165, 1.54) is 0 Å². The molecule has 3 N–H and O–H groups in total. The highest BCUT2D eigenvalue weighted by atomic mass is 16.1. The topological polar surface area (TPSA) is 68.0 Å². The third kappa shape index (κ3) is 2.25. The first-order valence-electron chi connectivity index (χ1n) is 5.54. The largest absolute Gasteiger partial charge is 0.398 e. The number of fused-ring (bicyclic) bond motifs is 1. The summed E-state index contributed by atoms with van der Waals surface area (Å²) in [5.74, 6) is 2.11.